The topological polar surface area (TPSA) is 53.9 Å². The first-order valence-electron chi connectivity index (χ1n) is 9.87. The van der Waals surface area contributed by atoms with Gasteiger partial charge < -0.3 is 0 Å². The highest BCUT2D eigenvalue weighted by atomic mass is 32.1. The predicted octanol–water partition coefficient (Wildman–Crippen LogP) is 4.66. The SMILES string of the molecule is Cc1nc2ccc(-n3[nH]c4c(c3=O)CCN(Cc3cccc(C(F)(F)F)c3)C4)cc2s1. The van der Waals surface area contributed by atoms with Crippen LogP contribution in [0.1, 0.15) is 27.4 Å². The van der Waals surface area contributed by atoms with Crippen molar-refractivity contribution < 1.29 is 13.2 Å². The van der Waals surface area contributed by atoms with E-state index in [4.69, 9.17) is 0 Å². The molecule has 3 heterocycles. The molecule has 5 rings (SSSR count). The number of benzene rings is 2. The van der Waals surface area contributed by atoms with Gasteiger partial charge in [-0.25, -0.2) is 9.67 Å². The molecule has 160 valence electrons. The van der Waals surface area contributed by atoms with Gasteiger partial charge >= 0.3 is 6.18 Å². The summed E-state index contributed by atoms with van der Waals surface area (Å²) in [5, 5.41) is 4.18. The molecule has 0 bridgehead atoms. The van der Waals surface area contributed by atoms with Crippen LogP contribution in [0.5, 0.6) is 0 Å². The Morgan fingerprint density at radius 1 is 1.19 bits per heavy atom. The number of rotatable bonds is 3. The van der Waals surface area contributed by atoms with Gasteiger partial charge in [0.25, 0.3) is 5.56 Å². The number of hydrogen-bond acceptors (Lipinski definition) is 4. The summed E-state index contributed by atoms with van der Waals surface area (Å²) in [6.45, 7) is 3.44. The van der Waals surface area contributed by atoms with Crippen molar-refractivity contribution in [3.8, 4) is 5.69 Å². The molecule has 5 nitrogen and oxygen atoms in total. The molecule has 1 N–H and O–H groups in total. The summed E-state index contributed by atoms with van der Waals surface area (Å²) in [7, 11) is 0. The van der Waals surface area contributed by atoms with Gasteiger partial charge in [0.2, 0.25) is 0 Å². The third-order valence-corrected chi connectivity index (χ3v) is 6.46. The van der Waals surface area contributed by atoms with Crippen molar-refractivity contribution in [3.05, 3.63) is 80.2 Å². The number of aromatic nitrogens is 3. The Balaban J connectivity index is 1.40. The largest absolute Gasteiger partial charge is 0.416 e. The van der Waals surface area contributed by atoms with Gasteiger partial charge in [0.05, 0.1) is 32.2 Å². The Hall–Kier alpha value is -2.91. The predicted molar refractivity (Wildman–Crippen MR) is 114 cm³/mol. The summed E-state index contributed by atoms with van der Waals surface area (Å²) < 4.78 is 41.5. The average Bonchev–Trinajstić information content (AvgIpc) is 3.25. The van der Waals surface area contributed by atoms with E-state index in [0.717, 1.165) is 38.2 Å². The van der Waals surface area contributed by atoms with Gasteiger partial charge in [-0.15, -0.1) is 11.3 Å². The lowest BCUT2D eigenvalue weighted by Crippen LogP contribution is -2.31. The first-order valence-corrected chi connectivity index (χ1v) is 10.7. The van der Waals surface area contributed by atoms with Gasteiger partial charge in [-0.05, 0) is 43.2 Å². The minimum atomic E-state index is -4.36. The number of thiazole rings is 1. The third kappa shape index (κ3) is 3.79. The van der Waals surface area contributed by atoms with E-state index < -0.39 is 11.7 Å². The number of nitrogens with one attached hydrogen (secondary N) is 1. The van der Waals surface area contributed by atoms with E-state index in [1.54, 1.807) is 22.1 Å². The van der Waals surface area contributed by atoms with Crippen LogP contribution in [-0.2, 0) is 25.7 Å². The van der Waals surface area contributed by atoms with E-state index in [2.05, 4.69) is 10.1 Å². The summed E-state index contributed by atoms with van der Waals surface area (Å²) in [5.74, 6) is 0. The molecular formula is C22H19F3N4OS. The van der Waals surface area contributed by atoms with Crippen LogP contribution in [0.2, 0.25) is 0 Å². The van der Waals surface area contributed by atoms with Crippen LogP contribution in [0.3, 0.4) is 0 Å². The first kappa shape index (κ1) is 20.0. The Bertz CT molecular complexity index is 1330. The Kier molecular flexibility index (Phi) is 4.75. The number of alkyl halides is 3. The fourth-order valence-corrected chi connectivity index (χ4v) is 4.93. The van der Waals surface area contributed by atoms with Crippen LogP contribution < -0.4 is 5.56 Å². The summed E-state index contributed by atoms with van der Waals surface area (Å²) in [4.78, 5) is 19.5. The molecule has 0 spiro atoms. The van der Waals surface area contributed by atoms with Crippen LogP contribution >= 0.6 is 11.3 Å². The maximum absolute atomic E-state index is 13.0. The summed E-state index contributed by atoms with van der Waals surface area (Å²) in [6, 6.07) is 11.1. The number of nitrogens with zero attached hydrogens (tertiary/aromatic N) is 3. The fraction of sp³-hybridized carbons (Fsp3) is 0.273. The molecule has 0 fully saturated rings. The molecule has 1 aliphatic heterocycles. The molecule has 1 aliphatic rings. The standard InChI is InChI=1S/C22H19F3N4OS/c1-13-26-18-6-5-16(10-20(18)31-13)29-21(30)17-7-8-28(12-19(17)27-29)11-14-3-2-4-15(9-14)22(23,24)25/h2-6,9-10,27H,7-8,11-12H2,1H3. The normalized spacial score (nSPS) is 14.8. The Labute approximate surface area is 179 Å². The molecule has 0 saturated carbocycles. The third-order valence-electron chi connectivity index (χ3n) is 5.53. The van der Waals surface area contributed by atoms with Crippen molar-refractivity contribution in [2.45, 2.75) is 32.6 Å². The first-order chi connectivity index (χ1) is 14.8. The van der Waals surface area contributed by atoms with Crippen LogP contribution in [0, 0.1) is 6.92 Å². The van der Waals surface area contributed by atoms with Crippen LogP contribution in [0.4, 0.5) is 13.2 Å². The number of fused-ring (bicyclic) bond motifs is 2. The van der Waals surface area contributed by atoms with Crippen molar-refractivity contribution in [1.82, 2.24) is 19.7 Å². The van der Waals surface area contributed by atoms with Gasteiger partial charge in [-0.2, -0.15) is 13.2 Å². The molecule has 2 aromatic heterocycles. The number of halogens is 3. The maximum atomic E-state index is 13.0. The van der Waals surface area contributed by atoms with Gasteiger partial charge in [-0.3, -0.25) is 14.8 Å². The van der Waals surface area contributed by atoms with E-state index >= 15 is 0 Å². The molecule has 0 radical (unpaired) electrons. The number of hydrogen-bond donors (Lipinski definition) is 1. The van der Waals surface area contributed by atoms with Crippen LogP contribution in [0.15, 0.2) is 47.3 Å². The quantitative estimate of drug-likeness (QED) is 0.500. The van der Waals surface area contributed by atoms with Crippen molar-refractivity contribution in [2.24, 2.45) is 0 Å². The van der Waals surface area contributed by atoms with Crippen LogP contribution in [-0.4, -0.2) is 26.2 Å². The van der Waals surface area contributed by atoms with Gasteiger partial charge in [0.1, 0.15) is 0 Å². The van der Waals surface area contributed by atoms with Crippen molar-refractivity contribution in [1.29, 1.82) is 0 Å². The number of H-pyrrole nitrogens is 1. The smallest absolute Gasteiger partial charge is 0.293 e. The van der Waals surface area contributed by atoms with E-state index in [-0.39, 0.29) is 5.56 Å². The summed E-state index contributed by atoms with van der Waals surface area (Å²) in [6.07, 6.45) is -3.80. The molecule has 9 heteroatoms. The van der Waals surface area contributed by atoms with Gasteiger partial charge in [-0.1, -0.05) is 18.2 Å². The lowest BCUT2D eigenvalue weighted by molar-refractivity contribution is -0.137. The van der Waals surface area contributed by atoms with E-state index in [0.29, 0.717) is 31.6 Å². The summed E-state index contributed by atoms with van der Waals surface area (Å²) in [5.41, 5.74) is 3.09. The molecule has 0 amide bonds. The second-order valence-electron chi connectivity index (χ2n) is 7.75. The highest BCUT2D eigenvalue weighted by molar-refractivity contribution is 7.18. The van der Waals surface area contributed by atoms with Crippen LogP contribution in [0.25, 0.3) is 15.9 Å². The molecule has 0 unspecified atom stereocenters. The zero-order chi connectivity index (χ0) is 21.8. The Morgan fingerprint density at radius 3 is 2.84 bits per heavy atom. The highest BCUT2D eigenvalue weighted by Gasteiger charge is 2.30. The number of aryl methyl sites for hydroxylation is 1. The van der Waals surface area contributed by atoms with Gasteiger partial charge in [0, 0.05) is 25.2 Å². The molecule has 0 saturated heterocycles. The molecule has 0 aliphatic carbocycles. The zero-order valence-electron chi connectivity index (χ0n) is 16.7. The second kappa shape index (κ2) is 7.35. The monoisotopic (exact) mass is 444 g/mol. The highest BCUT2D eigenvalue weighted by Crippen LogP contribution is 2.30. The van der Waals surface area contributed by atoms with E-state index in [9.17, 15) is 18.0 Å². The molecular weight excluding hydrogens is 425 g/mol. The average molecular weight is 444 g/mol. The minimum absolute atomic E-state index is 0.0747. The number of aromatic amines is 1. The Morgan fingerprint density at radius 2 is 2.03 bits per heavy atom. The molecule has 4 aromatic rings. The minimum Gasteiger partial charge on any atom is -0.293 e. The lowest BCUT2D eigenvalue weighted by atomic mass is 10.1. The molecule has 31 heavy (non-hydrogen) atoms. The second-order valence-corrected chi connectivity index (χ2v) is 8.99. The van der Waals surface area contributed by atoms with Crippen molar-refractivity contribution in [2.75, 3.05) is 6.54 Å². The lowest BCUT2D eigenvalue weighted by Gasteiger charge is -2.26. The van der Waals surface area contributed by atoms with E-state index in [1.807, 2.05) is 30.0 Å². The van der Waals surface area contributed by atoms with Crippen molar-refractivity contribution in [3.63, 3.8) is 0 Å². The summed E-state index contributed by atoms with van der Waals surface area (Å²) >= 11 is 1.58. The van der Waals surface area contributed by atoms with Crippen molar-refractivity contribution >= 4 is 21.6 Å². The molecule has 0 atom stereocenters. The maximum Gasteiger partial charge on any atom is 0.416 e. The van der Waals surface area contributed by atoms with E-state index in [1.165, 1.54) is 12.1 Å². The fourth-order valence-electron chi connectivity index (χ4n) is 4.07. The zero-order valence-corrected chi connectivity index (χ0v) is 17.5. The molecule has 2 aromatic carbocycles. The van der Waals surface area contributed by atoms with Gasteiger partial charge in [0.15, 0.2) is 0 Å².